The van der Waals surface area contributed by atoms with Gasteiger partial charge in [-0.15, -0.1) is 0 Å². The SMILES string of the molecule is CC(C)(N)CC1(c2ccccc2Br)COC1. The monoisotopic (exact) mass is 283 g/mol. The summed E-state index contributed by atoms with van der Waals surface area (Å²) < 4.78 is 6.57. The molecular weight excluding hydrogens is 266 g/mol. The van der Waals surface area contributed by atoms with Gasteiger partial charge in [-0.05, 0) is 31.9 Å². The number of hydrogen-bond donors (Lipinski definition) is 1. The first-order chi connectivity index (χ1) is 7.43. The maximum absolute atomic E-state index is 6.15. The molecule has 0 radical (unpaired) electrons. The van der Waals surface area contributed by atoms with Crippen molar-refractivity contribution < 1.29 is 4.74 Å². The molecule has 0 amide bonds. The molecule has 16 heavy (non-hydrogen) atoms. The largest absolute Gasteiger partial charge is 0.379 e. The summed E-state index contributed by atoms with van der Waals surface area (Å²) >= 11 is 3.62. The Kier molecular flexibility index (Phi) is 3.12. The van der Waals surface area contributed by atoms with Crippen LogP contribution in [0.25, 0.3) is 0 Å². The van der Waals surface area contributed by atoms with Crippen molar-refractivity contribution in [3.63, 3.8) is 0 Å². The van der Waals surface area contributed by atoms with Crippen LogP contribution in [0.4, 0.5) is 0 Å². The fourth-order valence-electron chi connectivity index (χ4n) is 2.46. The van der Waals surface area contributed by atoms with Gasteiger partial charge in [0.05, 0.1) is 13.2 Å². The van der Waals surface area contributed by atoms with Crippen molar-refractivity contribution in [2.24, 2.45) is 5.73 Å². The fraction of sp³-hybridized carbons (Fsp3) is 0.538. The summed E-state index contributed by atoms with van der Waals surface area (Å²) in [5.41, 5.74) is 7.39. The van der Waals surface area contributed by atoms with E-state index in [4.69, 9.17) is 10.5 Å². The summed E-state index contributed by atoms with van der Waals surface area (Å²) in [7, 11) is 0. The lowest BCUT2D eigenvalue weighted by atomic mass is 9.71. The molecule has 0 spiro atoms. The van der Waals surface area contributed by atoms with Crippen LogP contribution in [-0.4, -0.2) is 18.8 Å². The maximum Gasteiger partial charge on any atom is 0.0586 e. The van der Waals surface area contributed by atoms with Crippen LogP contribution >= 0.6 is 15.9 Å². The molecule has 1 aromatic carbocycles. The third-order valence-corrected chi connectivity index (χ3v) is 3.69. The van der Waals surface area contributed by atoms with Gasteiger partial charge in [-0.2, -0.15) is 0 Å². The van der Waals surface area contributed by atoms with Crippen molar-refractivity contribution in [1.29, 1.82) is 0 Å². The lowest BCUT2D eigenvalue weighted by molar-refractivity contribution is -0.0722. The molecule has 1 aliphatic heterocycles. The fourth-order valence-corrected chi connectivity index (χ4v) is 3.17. The van der Waals surface area contributed by atoms with Crippen LogP contribution in [-0.2, 0) is 10.2 Å². The average Bonchev–Trinajstić information content (AvgIpc) is 2.11. The predicted molar refractivity (Wildman–Crippen MR) is 69.5 cm³/mol. The summed E-state index contributed by atoms with van der Waals surface area (Å²) in [6.07, 6.45) is 0.947. The topological polar surface area (TPSA) is 35.2 Å². The van der Waals surface area contributed by atoms with E-state index in [-0.39, 0.29) is 11.0 Å². The van der Waals surface area contributed by atoms with E-state index in [0.717, 1.165) is 24.1 Å². The van der Waals surface area contributed by atoms with Gasteiger partial charge in [0.2, 0.25) is 0 Å². The van der Waals surface area contributed by atoms with E-state index >= 15 is 0 Å². The van der Waals surface area contributed by atoms with Gasteiger partial charge in [0, 0.05) is 15.4 Å². The number of halogens is 1. The Morgan fingerprint density at radius 3 is 2.44 bits per heavy atom. The maximum atomic E-state index is 6.15. The Bertz CT molecular complexity index is 380. The van der Waals surface area contributed by atoms with Crippen molar-refractivity contribution in [2.45, 2.75) is 31.2 Å². The molecule has 0 aliphatic carbocycles. The molecule has 1 aliphatic rings. The second kappa shape index (κ2) is 4.13. The Balaban J connectivity index is 2.32. The minimum absolute atomic E-state index is 0.0956. The molecule has 0 aromatic heterocycles. The summed E-state index contributed by atoms with van der Waals surface area (Å²) in [5.74, 6) is 0. The number of hydrogen-bond acceptors (Lipinski definition) is 2. The summed E-state index contributed by atoms with van der Waals surface area (Å²) in [6, 6.07) is 8.36. The van der Waals surface area contributed by atoms with Gasteiger partial charge in [-0.25, -0.2) is 0 Å². The van der Waals surface area contributed by atoms with Crippen molar-refractivity contribution in [2.75, 3.05) is 13.2 Å². The third kappa shape index (κ3) is 2.31. The van der Waals surface area contributed by atoms with Crippen LogP contribution in [0.5, 0.6) is 0 Å². The van der Waals surface area contributed by atoms with Crippen LogP contribution in [0.1, 0.15) is 25.8 Å². The molecule has 3 heteroatoms. The van der Waals surface area contributed by atoms with Crippen molar-refractivity contribution in [3.8, 4) is 0 Å². The lowest BCUT2D eigenvalue weighted by Crippen LogP contribution is -2.53. The van der Waals surface area contributed by atoms with Crippen molar-refractivity contribution in [1.82, 2.24) is 0 Å². The van der Waals surface area contributed by atoms with Crippen molar-refractivity contribution >= 4 is 15.9 Å². The molecule has 2 nitrogen and oxygen atoms in total. The van der Waals surface area contributed by atoms with E-state index in [1.54, 1.807) is 0 Å². The zero-order valence-electron chi connectivity index (χ0n) is 9.79. The van der Waals surface area contributed by atoms with E-state index in [2.05, 4.69) is 48.0 Å². The number of benzene rings is 1. The minimum Gasteiger partial charge on any atom is -0.379 e. The molecule has 1 fully saturated rings. The zero-order chi connectivity index (χ0) is 11.8. The van der Waals surface area contributed by atoms with Gasteiger partial charge in [-0.3, -0.25) is 0 Å². The smallest absolute Gasteiger partial charge is 0.0586 e. The minimum atomic E-state index is -0.168. The lowest BCUT2D eigenvalue weighted by Gasteiger charge is -2.46. The molecular formula is C13H18BrNO. The van der Waals surface area contributed by atoms with Crippen LogP contribution < -0.4 is 5.73 Å². The highest BCUT2D eigenvalue weighted by Crippen LogP contribution is 2.41. The molecule has 2 N–H and O–H groups in total. The molecule has 2 rings (SSSR count). The zero-order valence-corrected chi connectivity index (χ0v) is 11.4. The van der Waals surface area contributed by atoms with E-state index in [9.17, 15) is 0 Å². The molecule has 0 unspecified atom stereocenters. The van der Waals surface area contributed by atoms with Gasteiger partial charge in [-0.1, -0.05) is 34.1 Å². The number of nitrogens with two attached hydrogens (primary N) is 1. The molecule has 1 heterocycles. The predicted octanol–water partition coefficient (Wildman–Crippen LogP) is 2.84. The first-order valence-corrected chi connectivity index (χ1v) is 6.34. The average molecular weight is 284 g/mol. The van der Waals surface area contributed by atoms with Gasteiger partial charge < -0.3 is 10.5 Å². The van der Waals surface area contributed by atoms with Crippen molar-refractivity contribution in [3.05, 3.63) is 34.3 Å². The second-order valence-electron chi connectivity index (χ2n) is 5.42. The molecule has 0 atom stereocenters. The van der Waals surface area contributed by atoms with Crippen LogP contribution in [0, 0.1) is 0 Å². The highest BCUT2D eigenvalue weighted by molar-refractivity contribution is 9.10. The highest BCUT2D eigenvalue weighted by atomic mass is 79.9. The van der Waals surface area contributed by atoms with E-state index in [1.807, 2.05) is 6.07 Å². The molecule has 1 saturated heterocycles. The van der Waals surface area contributed by atoms with E-state index in [0.29, 0.717) is 0 Å². The van der Waals surface area contributed by atoms with Crippen LogP contribution in [0.3, 0.4) is 0 Å². The summed E-state index contributed by atoms with van der Waals surface area (Å²) in [5, 5.41) is 0. The van der Waals surface area contributed by atoms with E-state index < -0.39 is 0 Å². The van der Waals surface area contributed by atoms with Gasteiger partial charge in [0.15, 0.2) is 0 Å². The summed E-state index contributed by atoms with van der Waals surface area (Å²) in [6.45, 7) is 5.69. The first kappa shape index (κ1) is 12.1. The van der Waals surface area contributed by atoms with Crippen LogP contribution in [0.15, 0.2) is 28.7 Å². The molecule has 0 saturated carbocycles. The molecule has 88 valence electrons. The Morgan fingerprint density at radius 1 is 1.38 bits per heavy atom. The molecule has 1 aromatic rings. The van der Waals surface area contributed by atoms with Crippen LogP contribution in [0.2, 0.25) is 0 Å². The van der Waals surface area contributed by atoms with E-state index in [1.165, 1.54) is 5.56 Å². The third-order valence-electron chi connectivity index (χ3n) is 3.00. The normalized spacial score (nSPS) is 19.2. The molecule has 0 bridgehead atoms. The standard InChI is InChI=1S/C13H18BrNO/c1-12(2,15)7-13(8-16-9-13)10-5-3-4-6-11(10)14/h3-6H,7-9,15H2,1-2H3. The second-order valence-corrected chi connectivity index (χ2v) is 6.27. The van der Waals surface area contributed by atoms with Gasteiger partial charge in [0.25, 0.3) is 0 Å². The summed E-state index contributed by atoms with van der Waals surface area (Å²) in [4.78, 5) is 0. The quantitative estimate of drug-likeness (QED) is 0.926. The number of ether oxygens (including phenoxy) is 1. The Morgan fingerprint density at radius 2 is 2.00 bits per heavy atom. The Labute approximate surface area is 105 Å². The highest BCUT2D eigenvalue weighted by Gasteiger charge is 2.44. The first-order valence-electron chi connectivity index (χ1n) is 5.55. The number of rotatable bonds is 3. The Hall–Kier alpha value is -0.380. The van der Waals surface area contributed by atoms with Gasteiger partial charge in [0.1, 0.15) is 0 Å². The van der Waals surface area contributed by atoms with Gasteiger partial charge >= 0.3 is 0 Å².